The predicted molar refractivity (Wildman–Crippen MR) is 59.2 cm³/mol. The van der Waals surface area contributed by atoms with Crippen molar-refractivity contribution in [3.63, 3.8) is 0 Å². The topological polar surface area (TPSA) is 55.1 Å². The third-order valence-corrected chi connectivity index (χ3v) is 2.24. The molecule has 1 radical (unpaired) electrons. The van der Waals surface area contributed by atoms with Crippen LogP contribution in [0.2, 0.25) is 0 Å². The molecule has 1 aromatic heterocycles. The maximum absolute atomic E-state index is 11.9. The predicted octanol–water partition coefficient (Wildman–Crippen LogP) is 2.34. The third kappa shape index (κ3) is 1.95. The van der Waals surface area contributed by atoms with E-state index < -0.39 is 0 Å². The normalized spacial score (nSPS) is 10.1. The minimum atomic E-state index is -0.206. The highest BCUT2D eigenvalue weighted by Crippen LogP contribution is 2.14. The molecular formula is C12H11N2O2. The zero-order chi connectivity index (χ0) is 11.5. The van der Waals surface area contributed by atoms with Crippen molar-refractivity contribution in [2.45, 2.75) is 13.8 Å². The van der Waals surface area contributed by atoms with Crippen molar-refractivity contribution in [1.82, 2.24) is 5.16 Å². The van der Waals surface area contributed by atoms with Crippen LogP contribution in [0.5, 0.6) is 0 Å². The summed E-state index contributed by atoms with van der Waals surface area (Å²) in [5, 5.41) is 6.50. The number of carbonyl (C=O) groups is 1. The van der Waals surface area contributed by atoms with Crippen molar-refractivity contribution in [2.24, 2.45) is 0 Å². The Kier molecular flexibility index (Phi) is 2.72. The summed E-state index contributed by atoms with van der Waals surface area (Å²) in [6.07, 6.45) is 0. The molecule has 81 valence electrons. The van der Waals surface area contributed by atoms with Gasteiger partial charge in [0.15, 0.2) is 0 Å². The van der Waals surface area contributed by atoms with Gasteiger partial charge in [0.25, 0.3) is 5.91 Å². The van der Waals surface area contributed by atoms with E-state index in [0.29, 0.717) is 17.0 Å². The van der Waals surface area contributed by atoms with Crippen LogP contribution in [0.3, 0.4) is 0 Å². The van der Waals surface area contributed by atoms with Crippen LogP contribution in [0.4, 0.5) is 5.69 Å². The van der Waals surface area contributed by atoms with Crippen LogP contribution in [0.1, 0.15) is 21.8 Å². The molecule has 0 aliphatic rings. The fourth-order valence-electron chi connectivity index (χ4n) is 1.47. The Labute approximate surface area is 93.3 Å². The molecule has 1 aromatic carbocycles. The van der Waals surface area contributed by atoms with Gasteiger partial charge < -0.3 is 9.84 Å². The van der Waals surface area contributed by atoms with Crippen molar-refractivity contribution in [2.75, 3.05) is 5.32 Å². The lowest BCUT2D eigenvalue weighted by Crippen LogP contribution is -2.13. The van der Waals surface area contributed by atoms with Gasteiger partial charge in [0, 0.05) is 5.69 Å². The molecule has 0 saturated carbocycles. The minimum absolute atomic E-state index is 0.206. The highest BCUT2D eigenvalue weighted by molar-refractivity contribution is 6.05. The quantitative estimate of drug-likeness (QED) is 0.836. The maximum Gasteiger partial charge on any atom is 0.261 e. The monoisotopic (exact) mass is 215 g/mol. The Hall–Kier alpha value is -2.10. The number of amides is 1. The summed E-state index contributed by atoms with van der Waals surface area (Å²) in [5.74, 6) is 0.319. The lowest BCUT2D eigenvalue weighted by molar-refractivity contribution is 0.102. The lowest BCUT2D eigenvalue weighted by atomic mass is 10.2. The van der Waals surface area contributed by atoms with Gasteiger partial charge >= 0.3 is 0 Å². The zero-order valence-corrected chi connectivity index (χ0v) is 9.07. The fraction of sp³-hybridized carbons (Fsp3) is 0.167. The Balaban J connectivity index is 2.22. The van der Waals surface area contributed by atoms with E-state index >= 15 is 0 Å². The second-order valence-electron chi connectivity index (χ2n) is 3.44. The minimum Gasteiger partial charge on any atom is -0.361 e. The van der Waals surface area contributed by atoms with Crippen LogP contribution in [0.25, 0.3) is 0 Å². The summed E-state index contributed by atoms with van der Waals surface area (Å²) in [5.41, 5.74) is 1.81. The summed E-state index contributed by atoms with van der Waals surface area (Å²) in [4.78, 5) is 11.9. The Morgan fingerprint density at radius 1 is 1.38 bits per heavy atom. The van der Waals surface area contributed by atoms with Crippen LogP contribution in [0.15, 0.2) is 28.8 Å². The fourth-order valence-corrected chi connectivity index (χ4v) is 1.47. The maximum atomic E-state index is 11.9. The average molecular weight is 215 g/mol. The molecule has 4 heteroatoms. The smallest absolute Gasteiger partial charge is 0.261 e. The van der Waals surface area contributed by atoms with E-state index in [4.69, 9.17) is 4.52 Å². The molecule has 0 fully saturated rings. The molecule has 0 spiro atoms. The first-order chi connectivity index (χ1) is 7.68. The van der Waals surface area contributed by atoms with Crippen molar-refractivity contribution in [3.05, 3.63) is 47.3 Å². The molecule has 1 heterocycles. The lowest BCUT2D eigenvalue weighted by Gasteiger charge is -2.03. The standard InChI is InChI=1S/C12H11N2O2/c1-8-11(9(2)16-14-8)12(15)13-10-6-4-3-5-7-10/h4-7H,1-2H3,(H,13,15). The molecular weight excluding hydrogens is 204 g/mol. The molecule has 0 bridgehead atoms. The number of benzene rings is 1. The summed E-state index contributed by atoms with van der Waals surface area (Å²) in [6.45, 7) is 3.46. The van der Waals surface area contributed by atoms with Gasteiger partial charge in [-0.15, -0.1) is 0 Å². The summed E-state index contributed by atoms with van der Waals surface area (Å²) in [7, 11) is 0. The zero-order valence-electron chi connectivity index (χ0n) is 9.07. The first-order valence-corrected chi connectivity index (χ1v) is 4.89. The number of carbonyl (C=O) groups excluding carboxylic acids is 1. The second kappa shape index (κ2) is 4.18. The first-order valence-electron chi connectivity index (χ1n) is 4.89. The second-order valence-corrected chi connectivity index (χ2v) is 3.44. The number of hydrogen-bond acceptors (Lipinski definition) is 3. The van der Waals surface area contributed by atoms with E-state index in [1.54, 1.807) is 38.1 Å². The molecule has 0 saturated heterocycles. The van der Waals surface area contributed by atoms with Gasteiger partial charge in [-0.2, -0.15) is 0 Å². The Bertz CT molecular complexity index is 483. The number of anilines is 1. The van der Waals surface area contributed by atoms with Crippen molar-refractivity contribution in [1.29, 1.82) is 0 Å². The molecule has 2 aromatic rings. The van der Waals surface area contributed by atoms with Crippen LogP contribution < -0.4 is 5.32 Å². The highest BCUT2D eigenvalue weighted by atomic mass is 16.5. The molecule has 0 aliphatic heterocycles. The van der Waals surface area contributed by atoms with Gasteiger partial charge in [-0.1, -0.05) is 17.3 Å². The van der Waals surface area contributed by atoms with Crippen molar-refractivity contribution >= 4 is 11.6 Å². The Morgan fingerprint density at radius 3 is 2.62 bits per heavy atom. The number of nitrogens with one attached hydrogen (secondary N) is 1. The van der Waals surface area contributed by atoms with E-state index in [1.165, 1.54) is 0 Å². The highest BCUT2D eigenvalue weighted by Gasteiger charge is 2.17. The molecule has 0 unspecified atom stereocenters. The number of aromatic nitrogens is 1. The van der Waals surface area contributed by atoms with Crippen molar-refractivity contribution < 1.29 is 9.32 Å². The molecule has 1 amide bonds. The average Bonchev–Trinajstić information content (AvgIpc) is 2.60. The van der Waals surface area contributed by atoms with Gasteiger partial charge in [-0.05, 0) is 32.0 Å². The van der Waals surface area contributed by atoms with Crippen LogP contribution >= 0.6 is 0 Å². The van der Waals surface area contributed by atoms with Crippen LogP contribution in [0, 0.1) is 19.9 Å². The van der Waals surface area contributed by atoms with E-state index in [0.717, 1.165) is 5.69 Å². The van der Waals surface area contributed by atoms with E-state index in [1.807, 2.05) is 0 Å². The molecule has 1 N–H and O–H groups in total. The summed E-state index contributed by atoms with van der Waals surface area (Å²) < 4.78 is 4.94. The number of rotatable bonds is 2. The van der Waals surface area contributed by atoms with Gasteiger partial charge in [0.05, 0.1) is 5.69 Å². The van der Waals surface area contributed by atoms with Gasteiger partial charge in [-0.25, -0.2) is 0 Å². The van der Waals surface area contributed by atoms with Gasteiger partial charge in [0.1, 0.15) is 11.3 Å². The Morgan fingerprint density at radius 2 is 2.06 bits per heavy atom. The molecule has 0 aliphatic carbocycles. The van der Waals surface area contributed by atoms with Crippen molar-refractivity contribution in [3.8, 4) is 0 Å². The van der Waals surface area contributed by atoms with E-state index in [-0.39, 0.29) is 5.91 Å². The summed E-state index contributed by atoms with van der Waals surface area (Å²) >= 11 is 0. The summed E-state index contributed by atoms with van der Waals surface area (Å²) in [6, 6.07) is 9.91. The van der Waals surface area contributed by atoms with Gasteiger partial charge in [-0.3, -0.25) is 4.79 Å². The third-order valence-electron chi connectivity index (χ3n) is 2.24. The van der Waals surface area contributed by atoms with E-state index in [2.05, 4.69) is 16.5 Å². The molecule has 4 nitrogen and oxygen atoms in total. The number of nitrogens with zero attached hydrogens (tertiary/aromatic N) is 1. The molecule has 0 atom stereocenters. The molecule has 2 rings (SSSR count). The first kappa shape index (κ1) is 10.4. The van der Waals surface area contributed by atoms with Crippen LogP contribution in [-0.4, -0.2) is 11.1 Å². The number of aryl methyl sites for hydroxylation is 2. The SMILES string of the molecule is Cc1noc(C)c1C(=O)Nc1cc[c]cc1. The van der Waals surface area contributed by atoms with Crippen LogP contribution in [-0.2, 0) is 0 Å². The van der Waals surface area contributed by atoms with Gasteiger partial charge in [0.2, 0.25) is 0 Å². The largest absolute Gasteiger partial charge is 0.361 e. The van der Waals surface area contributed by atoms with E-state index in [9.17, 15) is 4.79 Å². The molecule has 16 heavy (non-hydrogen) atoms. The number of hydrogen-bond donors (Lipinski definition) is 1.